The van der Waals surface area contributed by atoms with Gasteiger partial charge < -0.3 is 10.5 Å². The van der Waals surface area contributed by atoms with E-state index in [0.29, 0.717) is 16.1 Å². The molecule has 0 saturated carbocycles. The molecule has 0 spiro atoms. The first-order valence-electron chi connectivity index (χ1n) is 4.35. The van der Waals surface area contributed by atoms with Crippen molar-refractivity contribution in [1.82, 2.24) is 9.97 Å². The lowest BCUT2D eigenvalue weighted by atomic mass is 10.3. The number of nitrogens with two attached hydrogens (primary N) is 1. The van der Waals surface area contributed by atoms with Crippen LogP contribution in [-0.2, 0) is 0 Å². The van der Waals surface area contributed by atoms with Crippen molar-refractivity contribution in [2.24, 2.45) is 0 Å². The summed E-state index contributed by atoms with van der Waals surface area (Å²) < 4.78 is 19.1. The van der Waals surface area contributed by atoms with Gasteiger partial charge in [0.15, 0.2) is 0 Å². The number of aromatic nitrogens is 2. The van der Waals surface area contributed by atoms with Crippen molar-refractivity contribution >= 4 is 21.6 Å². The minimum Gasteiger partial charge on any atom is -0.438 e. The minimum atomic E-state index is -0.525. The summed E-state index contributed by atoms with van der Waals surface area (Å²) in [6.07, 6.45) is 2.88. The molecular weight excluding hydrogens is 277 g/mol. The average Bonchev–Trinajstić information content (AvgIpc) is 2.27. The maximum Gasteiger partial charge on any atom is 0.236 e. The fourth-order valence-electron chi connectivity index (χ4n) is 1.06. The Balaban J connectivity index is 2.28. The lowest BCUT2D eigenvalue weighted by molar-refractivity contribution is 0.454. The summed E-state index contributed by atoms with van der Waals surface area (Å²) >= 11 is 3.22. The molecule has 82 valence electrons. The van der Waals surface area contributed by atoms with Crippen LogP contribution in [0.2, 0.25) is 0 Å². The van der Waals surface area contributed by atoms with Crippen LogP contribution >= 0.6 is 15.9 Å². The Labute approximate surface area is 99.4 Å². The van der Waals surface area contributed by atoms with E-state index >= 15 is 0 Å². The van der Waals surface area contributed by atoms with Crippen LogP contribution in [0.4, 0.5) is 10.1 Å². The highest BCUT2D eigenvalue weighted by Gasteiger charge is 2.06. The molecule has 1 aromatic heterocycles. The first kappa shape index (κ1) is 10.8. The SMILES string of the molecule is Nc1ccc(Oc2ncncc2Br)cc1F. The predicted octanol–water partition coefficient (Wildman–Crippen LogP) is 2.75. The van der Waals surface area contributed by atoms with E-state index in [1.54, 1.807) is 6.07 Å². The molecule has 0 aliphatic heterocycles. The summed E-state index contributed by atoms with van der Waals surface area (Å²) in [5.74, 6) is 0.118. The number of rotatable bonds is 2. The molecule has 0 unspecified atom stereocenters. The third-order valence-electron chi connectivity index (χ3n) is 1.82. The Morgan fingerprint density at radius 2 is 2.19 bits per heavy atom. The van der Waals surface area contributed by atoms with Crippen LogP contribution in [0.25, 0.3) is 0 Å². The maximum atomic E-state index is 13.1. The van der Waals surface area contributed by atoms with Gasteiger partial charge in [-0.2, -0.15) is 0 Å². The molecule has 2 N–H and O–H groups in total. The number of hydrogen-bond acceptors (Lipinski definition) is 4. The van der Waals surface area contributed by atoms with Crippen LogP contribution in [0.1, 0.15) is 0 Å². The predicted molar refractivity (Wildman–Crippen MR) is 60.6 cm³/mol. The van der Waals surface area contributed by atoms with E-state index in [-0.39, 0.29) is 5.69 Å². The van der Waals surface area contributed by atoms with Gasteiger partial charge in [-0.15, -0.1) is 0 Å². The van der Waals surface area contributed by atoms with E-state index in [9.17, 15) is 4.39 Å². The van der Waals surface area contributed by atoms with Crippen molar-refractivity contribution in [3.8, 4) is 11.6 Å². The zero-order valence-electron chi connectivity index (χ0n) is 8.02. The van der Waals surface area contributed by atoms with Crippen molar-refractivity contribution in [2.45, 2.75) is 0 Å². The molecule has 6 heteroatoms. The summed E-state index contributed by atoms with van der Waals surface area (Å²) in [6.45, 7) is 0. The molecule has 4 nitrogen and oxygen atoms in total. The first-order chi connectivity index (χ1) is 7.66. The fourth-order valence-corrected chi connectivity index (χ4v) is 1.36. The number of anilines is 1. The van der Waals surface area contributed by atoms with Gasteiger partial charge in [0.05, 0.1) is 10.2 Å². The van der Waals surface area contributed by atoms with Gasteiger partial charge in [-0.05, 0) is 28.1 Å². The Bertz CT molecular complexity index is 521. The van der Waals surface area contributed by atoms with Crippen LogP contribution in [0, 0.1) is 5.82 Å². The van der Waals surface area contributed by atoms with Crippen molar-refractivity contribution in [2.75, 3.05) is 5.73 Å². The standard InChI is InChI=1S/C10H7BrFN3O/c11-7-4-14-5-15-10(7)16-6-1-2-9(13)8(12)3-6/h1-5H,13H2. The molecular formula is C10H7BrFN3O. The van der Waals surface area contributed by atoms with Crippen LogP contribution < -0.4 is 10.5 Å². The molecule has 0 amide bonds. The van der Waals surface area contributed by atoms with E-state index in [2.05, 4.69) is 25.9 Å². The molecule has 1 aromatic carbocycles. The van der Waals surface area contributed by atoms with E-state index < -0.39 is 5.82 Å². The van der Waals surface area contributed by atoms with Gasteiger partial charge in [0, 0.05) is 12.3 Å². The van der Waals surface area contributed by atoms with Gasteiger partial charge in [0.25, 0.3) is 0 Å². The van der Waals surface area contributed by atoms with Crippen LogP contribution in [0.3, 0.4) is 0 Å². The van der Waals surface area contributed by atoms with Gasteiger partial charge in [-0.1, -0.05) is 0 Å². The maximum absolute atomic E-state index is 13.1. The molecule has 0 bridgehead atoms. The van der Waals surface area contributed by atoms with Gasteiger partial charge in [0.2, 0.25) is 5.88 Å². The first-order valence-corrected chi connectivity index (χ1v) is 5.14. The number of benzene rings is 1. The fraction of sp³-hybridized carbons (Fsp3) is 0. The highest BCUT2D eigenvalue weighted by atomic mass is 79.9. The largest absolute Gasteiger partial charge is 0.438 e. The molecule has 1 heterocycles. The zero-order valence-corrected chi connectivity index (χ0v) is 9.61. The van der Waals surface area contributed by atoms with Crippen molar-refractivity contribution in [3.63, 3.8) is 0 Å². The van der Waals surface area contributed by atoms with Gasteiger partial charge in [0.1, 0.15) is 17.9 Å². The third-order valence-corrected chi connectivity index (χ3v) is 2.36. The number of hydrogen-bond donors (Lipinski definition) is 1. The Morgan fingerprint density at radius 3 is 2.88 bits per heavy atom. The Kier molecular flexibility index (Phi) is 3.00. The normalized spacial score (nSPS) is 10.1. The summed E-state index contributed by atoms with van der Waals surface area (Å²) in [7, 11) is 0. The smallest absolute Gasteiger partial charge is 0.236 e. The second-order valence-electron chi connectivity index (χ2n) is 2.96. The summed E-state index contributed by atoms with van der Waals surface area (Å²) in [5.41, 5.74) is 5.42. The number of nitrogens with zero attached hydrogens (tertiary/aromatic N) is 2. The second-order valence-corrected chi connectivity index (χ2v) is 3.82. The molecule has 0 saturated heterocycles. The summed E-state index contributed by atoms with van der Waals surface area (Å²) in [5, 5.41) is 0. The molecule has 0 aliphatic carbocycles. The summed E-state index contributed by atoms with van der Waals surface area (Å²) in [4.78, 5) is 7.68. The number of ether oxygens (including phenoxy) is 1. The molecule has 0 atom stereocenters. The average molecular weight is 284 g/mol. The highest BCUT2D eigenvalue weighted by Crippen LogP contribution is 2.27. The van der Waals surface area contributed by atoms with Crippen molar-refractivity contribution < 1.29 is 9.13 Å². The zero-order chi connectivity index (χ0) is 11.5. The topological polar surface area (TPSA) is 61.0 Å². The molecule has 0 aliphatic rings. The quantitative estimate of drug-likeness (QED) is 0.861. The minimum absolute atomic E-state index is 0.0779. The lowest BCUT2D eigenvalue weighted by Gasteiger charge is -2.06. The monoisotopic (exact) mass is 283 g/mol. The number of halogens is 2. The number of nitrogen functional groups attached to an aromatic ring is 1. The Hall–Kier alpha value is -1.69. The highest BCUT2D eigenvalue weighted by molar-refractivity contribution is 9.10. The Morgan fingerprint density at radius 1 is 1.38 bits per heavy atom. The van der Waals surface area contributed by atoms with E-state index in [4.69, 9.17) is 10.5 Å². The van der Waals surface area contributed by atoms with Gasteiger partial charge in [-0.3, -0.25) is 0 Å². The molecule has 16 heavy (non-hydrogen) atoms. The molecule has 2 rings (SSSR count). The molecule has 2 aromatic rings. The lowest BCUT2D eigenvalue weighted by Crippen LogP contribution is -1.93. The van der Waals surface area contributed by atoms with E-state index in [1.165, 1.54) is 24.7 Å². The van der Waals surface area contributed by atoms with Crippen LogP contribution in [-0.4, -0.2) is 9.97 Å². The van der Waals surface area contributed by atoms with Gasteiger partial charge >= 0.3 is 0 Å². The molecule has 0 radical (unpaired) electrons. The van der Waals surface area contributed by atoms with Gasteiger partial charge in [-0.25, -0.2) is 14.4 Å². The third kappa shape index (κ3) is 2.27. The summed E-state index contributed by atoms with van der Waals surface area (Å²) in [6, 6.07) is 4.19. The van der Waals surface area contributed by atoms with E-state index in [0.717, 1.165) is 0 Å². The molecule has 0 fully saturated rings. The van der Waals surface area contributed by atoms with Crippen LogP contribution in [0.15, 0.2) is 35.2 Å². The van der Waals surface area contributed by atoms with Crippen molar-refractivity contribution in [3.05, 3.63) is 41.0 Å². The van der Waals surface area contributed by atoms with Crippen molar-refractivity contribution in [1.29, 1.82) is 0 Å². The van der Waals surface area contributed by atoms with Crippen LogP contribution in [0.5, 0.6) is 11.6 Å². The van der Waals surface area contributed by atoms with E-state index in [1.807, 2.05) is 0 Å². The second kappa shape index (κ2) is 4.44.